The van der Waals surface area contributed by atoms with Gasteiger partial charge in [-0.05, 0) is 36.2 Å². The van der Waals surface area contributed by atoms with Gasteiger partial charge in [-0.25, -0.2) is 4.90 Å². The molecule has 30 heavy (non-hydrogen) atoms. The summed E-state index contributed by atoms with van der Waals surface area (Å²) in [5, 5.41) is 9.38. The van der Waals surface area contributed by atoms with E-state index in [1.807, 2.05) is 6.92 Å². The first-order valence-electron chi connectivity index (χ1n) is 9.84. The number of hydrogen-bond acceptors (Lipinski definition) is 6. The minimum Gasteiger partial charge on any atom is -0.495 e. The minimum atomic E-state index is -0.457. The van der Waals surface area contributed by atoms with Crippen molar-refractivity contribution in [2.45, 2.75) is 13.3 Å². The predicted molar refractivity (Wildman–Crippen MR) is 114 cm³/mol. The summed E-state index contributed by atoms with van der Waals surface area (Å²) in [5.74, 6) is 0.228. The van der Waals surface area contributed by atoms with Crippen molar-refractivity contribution >= 4 is 23.1 Å². The maximum atomic E-state index is 13.4. The third kappa shape index (κ3) is 4.02. The van der Waals surface area contributed by atoms with Crippen LogP contribution >= 0.6 is 0 Å². The Morgan fingerprint density at radius 1 is 1.03 bits per heavy atom. The number of imide groups is 1. The molecule has 2 aromatic rings. The fraction of sp³-hybridized carbons (Fsp3) is 0.304. The molecular weight excluding hydrogens is 384 g/mol. The fourth-order valence-electron chi connectivity index (χ4n) is 3.37. The summed E-state index contributed by atoms with van der Waals surface area (Å²) in [7, 11) is 3.17. The Hall–Kier alpha value is -3.32. The van der Waals surface area contributed by atoms with Crippen molar-refractivity contribution in [2.24, 2.45) is 0 Å². The van der Waals surface area contributed by atoms with Crippen molar-refractivity contribution in [3.8, 4) is 11.5 Å². The number of likely N-dealkylation sites (N-methyl/N-ethyl adjacent to an activating group) is 1. The van der Waals surface area contributed by atoms with Crippen LogP contribution in [0.4, 0.5) is 5.69 Å². The first-order chi connectivity index (χ1) is 14.5. The molecule has 0 unspecified atom stereocenters. The molecule has 0 radical (unpaired) electrons. The third-order valence-corrected chi connectivity index (χ3v) is 4.82. The van der Waals surface area contributed by atoms with Gasteiger partial charge in [0, 0.05) is 13.6 Å². The second-order valence-electron chi connectivity index (χ2n) is 6.86. The lowest BCUT2D eigenvalue weighted by Crippen LogP contribution is -2.35. The molecule has 0 aromatic heterocycles. The van der Waals surface area contributed by atoms with Crippen LogP contribution in [-0.2, 0) is 9.59 Å². The molecule has 0 bridgehead atoms. The van der Waals surface area contributed by atoms with Crippen molar-refractivity contribution in [1.82, 2.24) is 4.90 Å². The van der Waals surface area contributed by atoms with Gasteiger partial charge in [0.1, 0.15) is 17.2 Å². The minimum absolute atomic E-state index is 0.146. The molecular formula is C23H26N2O5. The van der Waals surface area contributed by atoms with E-state index >= 15 is 0 Å². The Kier molecular flexibility index (Phi) is 6.74. The van der Waals surface area contributed by atoms with E-state index in [2.05, 4.69) is 0 Å². The lowest BCUT2D eigenvalue weighted by Gasteiger charge is -2.21. The Bertz CT molecular complexity index is 952. The number of anilines is 1. The predicted octanol–water partition coefficient (Wildman–Crippen LogP) is 2.69. The van der Waals surface area contributed by atoms with E-state index in [0.29, 0.717) is 29.4 Å². The summed E-state index contributed by atoms with van der Waals surface area (Å²) in [4.78, 5) is 29.5. The standard InChI is InChI=1S/C23H26N2O5/c1-4-15-30-17-11-9-16(10-12-17)20-21(24(2)13-14-26)23(28)25(22(20)27)18-7-5-6-8-19(18)29-3/h5-12,26H,4,13-15H2,1-3H3. The Balaban J connectivity index is 2.06. The molecule has 0 aliphatic carbocycles. The summed E-state index contributed by atoms with van der Waals surface area (Å²) < 4.78 is 11.0. The van der Waals surface area contributed by atoms with Crippen LogP contribution in [0.2, 0.25) is 0 Å². The quantitative estimate of drug-likeness (QED) is 0.641. The van der Waals surface area contributed by atoms with Gasteiger partial charge in [0.2, 0.25) is 0 Å². The summed E-state index contributed by atoms with van der Waals surface area (Å²) in [5.41, 5.74) is 1.50. The molecule has 0 spiro atoms. The molecule has 0 saturated heterocycles. The van der Waals surface area contributed by atoms with Crippen LogP contribution in [0.5, 0.6) is 11.5 Å². The molecule has 2 amide bonds. The second kappa shape index (κ2) is 9.45. The van der Waals surface area contributed by atoms with Gasteiger partial charge in [0.25, 0.3) is 11.8 Å². The van der Waals surface area contributed by atoms with Gasteiger partial charge in [-0.3, -0.25) is 9.59 Å². The van der Waals surface area contributed by atoms with Crippen LogP contribution in [0.15, 0.2) is 54.2 Å². The zero-order chi connectivity index (χ0) is 21.7. The van der Waals surface area contributed by atoms with Crippen LogP contribution in [0.3, 0.4) is 0 Å². The zero-order valence-corrected chi connectivity index (χ0v) is 17.4. The molecule has 0 saturated carbocycles. The van der Waals surface area contributed by atoms with Crippen molar-refractivity contribution in [2.75, 3.05) is 38.8 Å². The number of ether oxygens (including phenoxy) is 2. The smallest absolute Gasteiger partial charge is 0.282 e. The summed E-state index contributed by atoms with van der Waals surface area (Å²) in [6.45, 7) is 2.70. The molecule has 1 aliphatic rings. The third-order valence-electron chi connectivity index (χ3n) is 4.82. The van der Waals surface area contributed by atoms with Gasteiger partial charge in [0.15, 0.2) is 0 Å². The SMILES string of the molecule is CCCOc1ccc(C2=C(N(C)CCO)C(=O)N(c3ccccc3OC)C2=O)cc1. The van der Waals surface area contributed by atoms with Gasteiger partial charge >= 0.3 is 0 Å². The number of aliphatic hydroxyl groups excluding tert-OH is 1. The number of methoxy groups -OCH3 is 1. The summed E-state index contributed by atoms with van der Waals surface area (Å²) in [6, 6.07) is 14.0. The topological polar surface area (TPSA) is 79.3 Å². The molecule has 7 nitrogen and oxygen atoms in total. The van der Waals surface area contributed by atoms with Crippen LogP contribution in [0.1, 0.15) is 18.9 Å². The number of carbonyl (C=O) groups excluding carboxylic acids is 2. The Morgan fingerprint density at radius 3 is 2.37 bits per heavy atom. The number of rotatable bonds is 9. The second-order valence-corrected chi connectivity index (χ2v) is 6.86. The number of amides is 2. The summed E-state index contributed by atoms with van der Waals surface area (Å²) in [6.07, 6.45) is 0.893. The maximum Gasteiger partial charge on any atom is 0.282 e. The first kappa shape index (κ1) is 21.4. The number of hydrogen-bond donors (Lipinski definition) is 1. The zero-order valence-electron chi connectivity index (χ0n) is 17.4. The molecule has 0 fully saturated rings. The van der Waals surface area contributed by atoms with E-state index < -0.39 is 11.8 Å². The van der Waals surface area contributed by atoms with Gasteiger partial charge in [-0.1, -0.05) is 31.2 Å². The number of carbonyl (C=O) groups is 2. The Morgan fingerprint density at radius 2 is 1.73 bits per heavy atom. The van der Waals surface area contributed by atoms with E-state index in [4.69, 9.17) is 9.47 Å². The van der Waals surface area contributed by atoms with Crippen molar-refractivity contribution in [3.63, 3.8) is 0 Å². The fourth-order valence-corrected chi connectivity index (χ4v) is 3.37. The van der Waals surface area contributed by atoms with Crippen LogP contribution < -0.4 is 14.4 Å². The van der Waals surface area contributed by atoms with E-state index in [0.717, 1.165) is 11.3 Å². The van der Waals surface area contributed by atoms with E-state index in [1.54, 1.807) is 60.5 Å². The molecule has 2 aromatic carbocycles. The number of nitrogens with zero attached hydrogens (tertiary/aromatic N) is 2. The number of para-hydroxylation sites is 2. The van der Waals surface area contributed by atoms with Gasteiger partial charge < -0.3 is 19.5 Å². The number of aliphatic hydroxyl groups is 1. The van der Waals surface area contributed by atoms with E-state index in [1.165, 1.54) is 7.11 Å². The molecule has 1 aliphatic heterocycles. The first-order valence-corrected chi connectivity index (χ1v) is 9.84. The van der Waals surface area contributed by atoms with Gasteiger partial charge in [0.05, 0.1) is 31.6 Å². The molecule has 158 valence electrons. The molecule has 0 atom stereocenters. The van der Waals surface area contributed by atoms with Crippen LogP contribution in [-0.4, -0.2) is 55.7 Å². The lowest BCUT2D eigenvalue weighted by molar-refractivity contribution is -0.120. The van der Waals surface area contributed by atoms with Gasteiger partial charge in [-0.15, -0.1) is 0 Å². The average Bonchev–Trinajstić information content (AvgIpc) is 3.02. The maximum absolute atomic E-state index is 13.4. The lowest BCUT2D eigenvalue weighted by atomic mass is 10.0. The molecule has 7 heteroatoms. The van der Waals surface area contributed by atoms with Crippen LogP contribution in [0, 0.1) is 0 Å². The highest BCUT2D eigenvalue weighted by Crippen LogP contribution is 2.38. The average molecular weight is 410 g/mol. The van der Waals surface area contributed by atoms with Crippen molar-refractivity contribution in [3.05, 3.63) is 59.8 Å². The monoisotopic (exact) mass is 410 g/mol. The molecule has 1 N–H and O–H groups in total. The van der Waals surface area contributed by atoms with E-state index in [-0.39, 0.29) is 24.4 Å². The highest BCUT2D eigenvalue weighted by atomic mass is 16.5. The molecule has 3 rings (SSSR count). The summed E-state index contributed by atoms with van der Waals surface area (Å²) >= 11 is 0. The van der Waals surface area contributed by atoms with Gasteiger partial charge in [-0.2, -0.15) is 0 Å². The normalized spacial score (nSPS) is 13.8. The van der Waals surface area contributed by atoms with Crippen LogP contribution in [0.25, 0.3) is 5.57 Å². The largest absolute Gasteiger partial charge is 0.495 e. The highest BCUT2D eigenvalue weighted by molar-refractivity contribution is 6.45. The Labute approximate surface area is 176 Å². The number of benzene rings is 2. The van der Waals surface area contributed by atoms with Crippen molar-refractivity contribution < 1.29 is 24.2 Å². The van der Waals surface area contributed by atoms with E-state index in [9.17, 15) is 14.7 Å². The molecule has 1 heterocycles. The van der Waals surface area contributed by atoms with Crippen molar-refractivity contribution in [1.29, 1.82) is 0 Å². The highest BCUT2D eigenvalue weighted by Gasteiger charge is 2.42.